The van der Waals surface area contributed by atoms with Crippen LogP contribution in [0.15, 0.2) is 53.5 Å². The van der Waals surface area contributed by atoms with Crippen LogP contribution in [-0.4, -0.2) is 5.17 Å². The number of aryl methyl sites for hydroxylation is 2. The number of rotatable bonds is 0. The van der Waals surface area contributed by atoms with Crippen molar-refractivity contribution < 1.29 is 0 Å². The van der Waals surface area contributed by atoms with Gasteiger partial charge in [-0.15, -0.1) is 0 Å². The summed E-state index contributed by atoms with van der Waals surface area (Å²) in [7, 11) is 0. The number of para-hydroxylation sites is 1. The Balaban J connectivity index is 2.18. The maximum Gasteiger partial charge on any atom is 0.137 e. The second kappa shape index (κ2) is 4.34. The lowest BCUT2D eigenvalue weighted by molar-refractivity contribution is 0.953. The molecule has 0 saturated carbocycles. The molecule has 2 heteroatoms. The summed E-state index contributed by atoms with van der Waals surface area (Å²) in [6.07, 6.45) is 2.03. The standard InChI is InChI=1S/C15H12ClN/c16-15-13-7-3-1-5-11(13)9-10-12-6-2-4-8-14(12)17-15/h1-8H,9-10H2/b17-15+. The summed E-state index contributed by atoms with van der Waals surface area (Å²) in [5, 5.41) is 0.591. The molecule has 2 aromatic rings. The van der Waals surface area contributed by atoms with Crippen LogP contribution in [0, 0.1) is 0 Å². The normalized spacial score (nSPS) is 17.1. The third-order valence-electron chi connectivity index (χ3n) is 3.11. The molecule has 1 aliphatic rings. The number of aliphatic imine (C=N–C) groups is 1. The van der Waals surface area contributed by atoms with E-state index in [1.165, 1.54) is 11.1 Å². The topological polar surface area (TPSA) is 12.4 Å². The SMILES string of the molecule is Cl/C1=N/c2ccccc2CCc2ccccc21. The van der Waals surface area contributed by atoms with Crippen molar-refractivity contribution in [2.75, 3.05) is 0 Å². The van der Waals surface area contributed by atoms with Crippen LogP contribution in [0.25, 0.3) is 0 Å². The molecule has 84 valence electrons. The minimum Gasteiger partial charge on any atom is -0.236 e. The number of fused-ring (bicyclic) bond motifs is 2. The summed E-state index contributed by atoms with van der Waals surface area (Å²) in [5.74, 6) is 0. The lowest BCUT2D eigenvalue weighted by atomic mass is 9.98. The van der Waals surface area contributed by atoms with Crippen LogP contribution in [0.1, 0.15) is 16.7 Å². The van der Waals surface area contributed by atoms with Gasteiger partial charge in [-0.2, -0.15) is 0 Å². The Morgan fingerprint density at radius 3 is 2.35 bits per heavy atom. The van der Waals surface area contributed by atoms with Crippen LogP contribution >= 0.6 is 11.6 Å². The largest absolute Gasteiger partial charge is 0.236 e. The molecule has 0 bridgehead atoms. The zero-order valence-electron chi connectivity index (χ0n) is 9.36. The third kappa shape index (κ3) is 1.98. The highest BCUT2D eigenvalue weighted by Gasteiger charge is 2.12. The van der Waals surface area contributed by atoms with E-state index in [1.807, 2.05) is 24.3 Å². The van der Waals surface area contributed by atoms with Crippen molar-refractivity contribution in [3.8, 4) is 0 Å². The van der Waals surface area contributed by atoms with E-state index in [9.17, 15) is 0 Å². The molecule has 2 aromatic carbocycles. The van der Waals surface area contributed by atoms with Crippen LogP contribution in [0.2, 0.25) is 0 Å². The molecule has 0 saturated heterocycles. The fourth-order valence-corrected chi connectivity index (χ4v) is 2.48. The van der Waals surface area contributed by atoms with Gasteiger partial charge >= 0.3 is 0 Å². The highest BCUT2D eigenvalue weighted by Crippen LogP contribution is 2.26. The predicted octanol–water partition coefficient (Wildman–Crippen LogP) is 4.10. The molecule has 0 amide bonds. The smallest absolute Gasteiger partial charge is 0.137 e. The summed E-state index contributed by atoms with van der Waals surface area (Å²) < 4.78 is 0. The Morgan fingerprint density at radius 2 is 1.47 bits per heavy atom. The van der Waals surface area contributed by atoms with Crippen molar-refractivity contribution in [1.29, 1.82) is 0 Å². The first-order chi connectivity index (χ1) is 8.34. The van der Waals surface area contributed by atoms with E-state index in [-0.39, 0.29) is 0 Å². The predicted molar refractivity (Wildman–Crippen MR) is 72.3 cm³/mol. The van der Waals surface area contributed by atoms with Crippen molar-refractivity contribution in [2.24, 2.45) is 4.99 Å². The summed E-state index contributed by atoms with van der Waals surface area (Å²) in [6, 6.07) is 16.4. The van der Waals surface area contributed by atoms with Gasteiger partial charge < -0.3 is 0 Å². The fraction of sp³-hybridized carbons (Fsp3) is 0.133. The lowest BCUT2D eigenvalue weighted by Gasteiger charge is -2.13. The van der Waals surface area contributed by atoms with Gasteiger partial charge in [0.25, 0.3) is 0 Å². The summed E-state index contributed by atoms with van der Waals surface area (Å²) in [4.78, 5) is 4.52. The monoisotopic (exact) mass is 241 g/mol. The highest BCUT2D eigenvalue weighted by atomic mass is 35.5. The van der Waals surface area contributed by atoms with Gasteiger partial charge in [0.1, 0.15) is 5.17 Å². The number of nitrogens with zero attached hydrogens (tertiary/aromatic N) is 1. The second-order valence-electron chi connectivity index (χ2n) is 4.19. The Hall–Kier alpha value is -1.60. The summed E-state index contributed by atoms with van der Waals surface area (Å²) in [6.45, 7) is 0. The maximum absolute atomic E-state index is 6.30. The van der Waals surface area contributed by atoms with Crippen LogP contribution in [0.5, 0.6) is 0 Å². The van der Waals surface area contributed by atoms with Gasteiger partial charge in [-0.25, -0.2) is 4.99 Å². The van der Waals surface area contributed by atoms with E-state index in [0.29, 0.717) is 5.17 Å². The molecule has 1 nitrogen and oxygen atoms in total. The molecule has 0 fully saturated rings. The van der Waals surface area contributed by atoms with Crippen LogP contribution in [-0.2, 0) is 12.8 Å². The van der Waals surface area contributed by atoms with E-state index in [2.05, 4.69) is 29.3 Å². The minimum absolute atomic E-state index is 0.591. The molecule has 17 heavy (non-hydrogen) atoms. The molecular formula is C15H12ClN. The van der Waals surface area contributed by atoms with Crippen LogP contribution < -0.4 is 0 Å². The first-order valence-electron chi connectivity index (χ1n) is 5.75. The van der Waals surface area contributed by atoms with E-state index >= 15 is 0 Å². The second-order valence-corrected chi connectivity index (χ2v) is 4.55. The molecule has 0 spiro atoms. The van der Waals surface area contributed by atoms with E-state index < -0.39 is 0 Å². The molecule has 0 aliphatic carbocycles. The average Bonchev–Trinajstić information content (AvgIpc) is 2.36. The minimum atomic E-state index is 0.591. The van der Waals surface area contributed by atoms with Gasteiger partial charge in [0, 0.05) is 5.56 Å². The van der Waals surface area contributed by atoms with Gasteiger partial charge in [0.05, 0.1) is 5.69 Å². The van der Waals surface area contributed by atoms with Gasteiger partial charge in [-0.3, -0.25) is 0 Å². The zero-order valence-corrected chi connectivity index (χ0v) is 10.1. The first-order valence-corrected chi connectivity index (χ1v) is 6.13. The summed E-state index contributed by atoms with van der Waals surface area (Å²) in [5.41, 5.74) is 4.59. The molecule has 0 aromatic heterocycles. The van der Waals surface area contributed by atoms with E-state index in [4.69, 9.17) is 11.6 Å². The average molecular weight is 242 g/mol. The molecular weight excluding hydrogens is 230 g/mol. The van der Waals surface area contributed by atoms with Gasteiger partial charge in [0.15, 0.2) is 0 Å². The quantitative estimate of drug-likeness (QED) is 0.659. The fourth-order valence-electron chi connectivity index (χ4n) is 2.21. The molecule has 1 heterocycles. The van der Waals surface area contributed by atoms with Crippen molar-refractivity contribution in [2.45, 2.75) is 12.8 Å². The highest BCUT2D eigenvalue weighted by molar-refractivity contribution is 6.70. The molecule has 0 N–H and O–H groups in total. The number of hydrogen-bond acceptors (Lipinski definition) is 1. The first kappa shape index (κ1) is 10.5. The van der Waals surface area contributed by atoms with Crippen LogP contribution in [0.4, 0.5) is 5.69 Å². The number of benzene rings is 2. The molecule has 0 radical (unpaired) electrons. The van der Waals surface area contributed by atoms with Crippen molar-refractivity contribution in [3.63, 3.8) is 0 Å². The van der Waals surface area contributed by atoms with E-state index in [1.54, 1.807) is 0 Å². The van der Waals surface area contributed by atoms with E-state index in [0.717, 1.165) is 24.1 Å². The Morgan fingerprint density at radius 1 is 0.824 bits per heavy atom. The Labute approximate surface area is 106 Å². The van der Waals surface area contributed by atoms with Crippen molar-refractivity contribution in [3.05, 3.63) is 65.2 Å². The lowest BCUT2D eigenvalue weighted by Crippen LogP contribution is -2.03. The van der Waals surface area contributed by atoms with Crippen LogP contribution in [0.3, 0.4) is 0 Å². The third-order valence-corrected chi connectivity index (χ3v) is 3.40. The van der Waals surface area contributed by atoms with Gasteiger partial charge in [-0.05, 0) is 30.0 Å². The number of halogens is 1. The molecule has 0 atom stereocenters. The molecule has 1 aliphatic heterocycles. The maximum atomic E-state index is 6.30. The Kier molecular flexibility index (Phi) is 2.69. The van der Waals surface area contributed by atoms with Gasteiger partial charge in [-0.1, -0.05) is 54.1 Å². The summed E-state index contributed by atoms with van der Waals surface area (Å²) >= 11 is 6.30. The van der Waals surface area contributed by atoms with Crippen molar-refractivity contribution in [1.82, 2.24) is 0 Å². The molecule has 0 unspecified atom stereocenters. The number of hydrogen-bond donors (Lipinski definition) is 0. The van der Waals surface area contributed by atoms with Gasteiger partial charge in [0.2, 0.25) is 0 Å². The zero-order chi connectivity index (χ0) is 11.7. The Bertz CT molecular complexity index is 587. The molecule has 3 rings (SSSR count). The van der Waals surface area contributed by atoms with Crippen molar-refractivity contribution >= 4 is 22.5 Å².